The minimum Gasteiger partial charge on any atom is -0.447 e. The van der Waals surface area contributed by atoms with Crippen LogP contribution >= 0.6 is 11.6 Å². The molecule has 5 amide bonds. The van der Waals surface area contributed by atoms with E-state index in [1.807, 2.05) is 11.8 Å². The Bertz CT molecular complexity index is 1320. The molecule has 3 fully saturated rings. The molecule has 4 aliphatic rings. The van der Waals surface area contributed by atoms with Crippen LogP contribution in [0.25, 0.3) is 11.0 Å². The van der Waals surface area contributed by atoms with Gasteiger partial charge in [-0.15, -0.1) is 0 Å². The van der Waals surface area contributed by atoms with Gasteiger partial charge in [0.25, 0.3) is 0 Å². The minimum atomic E-state index is -1.65. The molecule has 0 radical (unpaired) electrons. The number of urea groups is 1. The molecule has 204 valence electrons. The summed E-state index contributed by atoms with van der Waals surface area (Å²) < 4.78 is 16.7. The number of fused-ring (bicyclic) bond motifs is 5. The van der Waals surface area contributed by atoms with Gasteiger partial charge >= 0.3 is 12.1 Å². The standard InChI is InChI=1S/C23H24ClN5O8.CH4/c1-10-7-28-14(9-35-10)23(19(31)25-21(33)26-20(23)32)6-11-5-13-17(15(24)16(11)28)37-27-18(13)29-12(3-2-4-30)8-36-22(29)34;/h5,10,12,14,30H,2-4,6-9H2,1H3,(H2,25,26,31,32,33);1H4/t10-,12?,14?;/m1./s1. The molecule has 3 N–H and O–H groups in total. The Morgan fingerprint density at radius 2 is 1.95 bits per heavy atom. The van der Waals surface area contributed by atoms with E-state index in [0.29, 0.717) is 36.0 Å². The molecule has 3 atom stereocenters. The number of hydrogen-bond donors (Lipinski definition) is 3. The van der Waals surface area contributed by atoms with Crippen LogP contribution < -0.4 is 20.4 Å². The molecule has 1 aromatic heterocycles. The average molecular weight is 550 g/mol. The first-order valence-electron chi connectivity index (χ1n) is 12.0. The molecular formula is C24H28ClN5O8. The summed E-state index contributed by atoms with van der Waals surface area (Å²) in [5, 5.41) is 18.5. The molecule has 5 heterocycles. The van der Waals surface area contributed by atoms with Gasteiger partial charge in [-0.2, -0.15) is 0 Å². The van der Waals surface area contributed by atoms with Gasteiger partial charge in [-0.3, -0.25) is 25.1 Å². The summed E-state index contributed by atoms with van der Waals surface area (Å²) in [6.07, 6.45) is 0.0610. The smallest absolute Gasteiger partial charge is 0.416 e. The van der Waals surface area contributed by atoms with Gasteiger partial charge < -0.3 is 24.0 Å². The number of aliphatic hydroxyl groups is 1. The van der Waals surface area contributed by atoms with Crippen molar-refractivity contribution in [2.24, 2.45) is 5.41 Å². The number of anilines is 2. The predicted octanol–water partition coefficient (Wildman–Crippen LogP) is 1.72. The van der Waals surface area contributed by atoms with Gasteiger partial charge in [0.05, 0.1) is 35.9 Å². The minimum absolute atomic E-state index is 0. The van der Waals surface area contributed by atoms with Crippen molar-refractivity contribution in [2.75, 3.05) is 36.2 Å². The van der Waals surface area contributed by atoms with E-state index >= 15 is 0 Å². The molecule has 4 aliphatic heterocycles. The molecule has 2 aromatic rings. The van der Waals surface area contributed by atoms with Crippen LogP contribution in [0.15, 0.2) is 10.6 Å². The Balaban J connectivity index is 0.00000294. The maximum atomic E-state index is 13.3. The fourth-order valence-corrected chi connectivity index (χ4v) is 6.22. The molecule has 0 saturated carbocycles. The van der Waals surface area contributed by atoms with Gasteiger partial charge in [0.2, 0.25) is 11.8 Å². The summed E-state index contributed by atoms with van der Waals surface area (Å²) in [5.74, 6) is -1.23. The van der Waals surface area contributed by atoms with Crippen LogP contribution in [0.1, 0.15) is 32.8 Å². The van der Waals surface area contributed by atoms with E-state index in [1.54, 1.807) is 6.07 Å². The number of morpholine rings is 1. The zero-order valence-corrected chi connectivity index (χ0v) is 20.5. The first-order chi connectivity index (χ1) is 17.8. The number of benzene rings is 1. The van der Waals surface area contributed by atoms with E-state index < -0.39 is 35.4 Å². The highest BCUT2D eigenvalue weighted by Gasteiger charge is 2.61. The number of aromatic nitrogens is 1. The lowest BCUT2D eigenvalue weighted by Crippen LogP contribution is -2.73. The molecular weight excluding hydrogens is 522 g/mol. The maximum Gasteiger partial charge on any atom is 0.416 e. The van der Waals surface area contributed by atoms with E-state index in [9.17, 15) is 24.3 Å². The molecule has 38 heavy (non-hydrogen) atoms. The number of cyclic esters (lactones) is 1. The predicted molar refractivity (Wildman–Crippen MR) is 134 cm³/mol. The lowest BCUT2D eigenvalue weighted by molar-refractivity contribution is -0.149. The highest BCUT2D eigenvalue weighted by molar-refractivity contribution is 6.38. The van der Waals surface area contributed by atoms with Crippen molar-refractivity contribution in [1.82, 2.24) is 15.8 Å². The van der Waals surface area contributed by atoms with Crippen LogP contribution in [-0.2, 0) is 25.5 Å². The third-order valence-electron chi connectivity index (χ3n) is 7.58. The van der Waals surface area contributed by atoms with Gasteiger partial charge in [0, 0.05) is 13.2 Å². The van der Waals surface area contributed by atoms with Crippen LogP contribution in [-0.4, -0.2) is 78.8 Å². The van der Waals surface area contributed by atoms with Crippen molar-refractivity contribution in [2.45, 2.75) is 51.8 Å². The van der Waals surface area contributed by atoms with Crippen LogP contribution in [0.2, 0.25) is 5.02 Å². The highest BCUT2D eigenvalue weighted by Crippen LogP contribution is 2.50. The number of nitrogens with one attached hydrogen (secondary N) is 2. The lowest BCUT2D eigenvalue weighted by atomic mass is 9.68. The number of nitrogens with zero attached hydrogens (tertiary/aromatic N) is 3. The average Bonchev–Trinajstić information content (AvgIpc) is 3.43. The summed E-state index contributed by atoms with van der Waals surface area (Å²) in [4.78, 5) is 54.3. The van der Waals surface area contributed by atoms with Crippen molar-refractivity contribution < 1.29 is 38.3 Å². The molecule has 1 aromatic carbocycles. The first-order valence-corrected chi connectivity index (χ1v) is 12.4. The van der Waals surface area contributed by atoms with Gasteiger partial charge in [-0.05, 0) is 37.8 Å². The summed E-state index contributed by atoms with van der Waals surface area (Å²) in [7, 11) is 0. The van der Waals surface area contributed by atoms with Gasteiger partial charge in [-0.1, -0.05) is 24.2 Å². The lowest BCUT2D eigenvalue weighted by Gasteiger charge is -2.53. The van der Waals surface area contributed by atoms with Crippen LogP contribution in [0.5, 0.6) is 0 Å². The fraction of sp³-hybridized carbons (Fsp3) is 0.542. The second kappa shape index (κ2) is 9.40. The molecule has 14 heteroatoms. The van der Waals surface area contributed by atoms with Crippen molar-refractivity contribution in [3.63, 3.8) is 0 Å². The summed E-state index contributed by atoms with van der Waals surface area (Å²) in [5.41, 5.74) is -0.254. The number of rotatable bonds is 4. The van der Waals surface area contributed by atoms with Crippen molar-refractivity contribution in [1.29, 1.82) is 0 Å². The molecule has 0 aliphatic carbocycles. The first kappa shape index (κ1) is 26.2. The number of carbonyl (C=O) groups is 4. The number of ether oxygens (including phenoxy) is 2. The number of barbiturate groups is 1. The Labute approximate surface area is 222 Å². The second-order valence-electron chi connectivity index (χ2n) is 9.75. The molecule has 2 unspecified atom stereocenters. The third kappa shape index (κ3) is 3.63. The number of amides is 5. The number of imide groups is 2. The quantitative estimate of drug-likeness (QED) is 0.478. The van der Waals surface area contributed by atoms with Gasteiger partial charge in [0.1, 0.15) is 11.6 Å². The largest absolute Gasteiger partial charge is 0.447 e. The second-order valence-corrected chi connectivity index (χ2v) is 10.1. The topological polar surface area (TPSA) is 164 Å². The van der Waals surface area contributed by atoms with Crippen LogP contribution in [0.3, 0.4) is 0 Å². The van der Waals surface area contributed by atoms with Crippen molar-refractivity contribution in [3.8, 4) is 0 Å². The number of aliphatic hydroxyl groups excluding tert-OH is 1. The number of hydrogen-bond acceptors (Lipinski definition) is 10. The normalized spacial score (nSPS) is 26.0. The Hall–Kier alpha value is -3.42. The zero-order valence-electron chi connectivity index (χ0n) is 19.8. The highest BCUT2D eigenvalue weighted by atomic mass is 35.5. The Kier molecular flexibility index (Phi) is 6.48. The van der Waals surface area contributed by atoms with E-state index in [0.717, 1.165) is 0 Å². The van der Waals surface area contributed by atoms with Crippen molar-refractivity contribution >= 4 is 58.0 Å². The summed E-state index contributed by atoms with van der Waals surface area (Å²) in [6, 6.07) is -0.247. The van der Waals surface area contributed by atoms with E-state index in [4.69, 9.17) is 25.6 Å². The van der Waals surface area contributed by atoms with E-state index in [-0.39, 0.29) is 62.2 Å². The van der Waals surface area contributed by atoms with Gasteiger partial charge in [0.15, 0.2) is 16.8 Å². The van der Waals surface area contributed by atoms with Crippen LogP contribution in [0, 0.1) is 5.41 Å². The third-order valence-corrected chi connectivity index (χ3v) is 7.93. The van der Waals surface area contributed by atoms with E-state index in [2.05, 4.69) is 15.8 Å². The van der Waals surface area contributed by atoms with Gasteiger partial charge in [-0.25, -0.2) is 9.59 Å². The Morgan fingerprint density at radius 3 is 2.66 bits per heavy atom. The fourth-order valence-electron chi connectivity index (χ4n) is 5.85. The monoisotopic (exact) mass is 549 g/mol. The van der Waals surface area contributed by atoms with E-state index in [1.165, 1.54) is 4.90 Å². The molecule has 3 saturated heterocycles. The molecule has 13 nitrogen and oxygen atoms in total. The van der Waals surface area contributed by atoms with Crippen molar-refractivity contribution in [3.05, 3.63) is 16.7 Å². The zero-order chi connectivity index (χ0) is 26.1. The SMILES string of the molecule is C.C[C@@H]1CN2c3c(cc4c(N5C(=O)OCC5CCCO)noc4c3Cl)CC3(C(=O)NC(=O)NC3=O)C2CO1. The molecule has 6 rings (SSSR count). The van der Waals surface area contributed by atoms with Crippen LogP contribution in [0.4, 0.5) is 21.1 Å². The number of carbonyl (C=O) groups excluding carboxylic acids is 4. The summed E-state index contributed by atoms with van der Waals surface area (Å²) >= 11 is 6.89. The number of halogens is 1. The summed E-state index contributed by atoms with van der Waals surface area (Å²) in [6.45, 7) is 2.37. The maximum absolute atomic E-state index is 13.3. The molecule has 0 bridgehead atoms. The molecule has 1 spiro atoms. The Morgan fingerprint density at radius 1 is 1.21 bits per heavy atom.